The second-order valence-corrected chi connectivity index (χ2v) is 5.28. The van der Waals surface area contributed by atoms with E-state index in [0.29, 0.717) is 24.6 Å². The molecule has 102 valence electrons. The summed E-state index contributed by atoms with van der Waals surface area (Å²) in [4.78, 5) is 25.2. The van der Waals surface area contributed by atoms with Gasteiger partial charge in [-0.15, -0.1) is 11.3 Å². The molecule has 0 aliphatic heterocycles. The molecule has 0 unspecified atom stereocenters. The van der Waals surface area contributed by atoms with Gasteiger partial charge in [-0.25, -0.2) is 9.97 Å². The molecule has 2 N–H and O–H groups in total. The average molecular weight is 279 g/mol. The van der Waals surface area contributed by atoms with Gasteiger partial charge < -0.3 is 10.3 Å². The van der Waals surface area contributed by atoms with Gasteiger partial charge >= 0.3 is 0 Å². The van der Waals surface area contributed by atoms with Crippen molar-refractivity contribution in [1.82, 2.24) is 19.9 Å². The Morgan fingerprint density at radius 1 is 1.53 bits per heavy atom. The summed E-state index contributed by atoms with van der Waals surface area (Å²) >= 11 is 1.42. The topological polar surface area (TPSA) is 73.9 Å². The van der Waals surface area contributed by atoms with E-state index in [0.717, 1.165) is 11.5 Å². The van der Waals surface area contributed by atoms with Crippen LogP contribution in [0.5, 0.6) is 0 Å². The highest BCUT2D eigenvalue weighted by atomic mass is 32.1. The lowest BCUT2D eigenvalue weighted by atomic mass is 10.3. The van der Waals surface area contributed by atoms with Crippen LogP contribution in [-0.4, -0.2) is 39.4 Å². The molecule has 0 fully saturated rings. The minimum Gasteiger partial charge on any atom is -0.345 e. The summed E-state index contributed by atoms with van der Waals surface area (Å²) in [7, 11) is 1.97. The average Bonchev–Trinajstić information content (AvgIpc) is 2.99. The Kier molecular flexibility index (Phi) is 4.64. The van der Waals surface area contributed by atoms with Crippen LogP contribution < -0.4 is 5.32 Å². The third-order valence-electron chi connectivity index (χ3n) is 2.57. The zero-order chi connectivity index (χ0) is 13.7. The smallest absolute Gasteiger partial charge is 0.227 e. The van der Waals surface area contributed by atoms with Crippen molar-refractivity contribution in [3.63, 3.8) is 0 Å². The van der Waals surface area contributed by atoms with Crippen LogP contribution in [0, 0.1) is 6.92 Å². The maximum absolute atomic E-state index is 11.7. The molecular formula is C12H17N5OS. The first-order valence-electron chi connectivity index (χ1n) is 6.02. The highest BCUT2D eigenvalue weighted by molar-refractivity contribution is 7.13. The molecule has 7 heteroatoms. The number of carbonyl (C=O) groups is 1. The quantitative estimate of drug-likeness (QED) is 0.843. The maximum Gasteiger partial charge on any atom is 0.227 e. The van der Waals surface area contributed by atoms with Crippen LogP contribution in [-0.2, 0) is 11.3 Å². The van der Waals surface area contributed by atoms with Gasteiger partial charge in [0.05, 0.1) is 6.54 Å². The molecule has 6 nitrogen and oxygen atoms in total. The number of aromatic nitrogens is 3. The lowest BCUT2D eigenvalue weighted by Gasteiger charge is -2.14. The molecule has 1 amide bonds. The number of amides is 1. The standard InChI is InChI=1S/C12H17N5OS/c1-9-7-14-10(15-9)8-17(2)5-3-11(18)16-12-13-4-6-19-12/h4,6-7H,3,5,8H2,1-2H3,(H,14,15)(H,13,16,18). The molecular weight excluding hydrogens is 262 g/mol. The van der Waals surface area contributed by atoms with Crippen molar-refractivity contribution < 1.29 is 4.79 Å². The monoisotopic (exact) mass is 279 g/mol. The first-order valence-corrected chi connectivity index (χ1v) is 6.90. The van der Waals surface area contributed by atoms with Crippen molar-refractivity contribution in [1.29, 1.82) is 0 Å². The van der Waals surface area contributed by atoms with Crippen LogP contribution >= 0.6 is 11.3 Å². The number of nitrogens with one attached hydrogen (secondary N) is 2. The molecule has 0 spiro atoms. The highest BCUT2D eigenvalue weighted by Gasteiger charge is 2.08. The summed E-state index contributed by atoms with van der Waals surface area (Å²) in [6.45, 7) is 3.35. The van der Waals surface area contributed by atoms with Crippen LogP contribution in [0.15, 0.2) is 17.8 Å². The van der Waals surface area contributed by atoms with Gasteiger partial charge in [0.2, 0.25) is 5.91 Å². The fourth-order valence-electron chi connectivity index (χ4n) is 1.64. The second-order valence-electron chi connectivity index (χ2n) is 4.39. The number of aromatic amines is 1. The summed E-state index contributed by atoms with van der Waals surface area (Å²) in [5, 5.41) is 5.25. The fourth-order valence-corrected chi connectivity index (χ4v) is 2.19. The van der Waals surface area contributed by atoms with E-state index in [1.807, 2.05) is 19.4 Å². The van der Waals surface area contributed by atoms with E-state index in [9.17, 15) is 4.79 Å². The molecule has 2 aromatic rings. The van der Waals surface area contributed by atoms with Crippen molar-refractivity contribution in [2.24, 2.45) is 0 Å². The number of nitrogens with zero attached hydrogens (tertiary/aromatic N) is 3. The van der Waals surface area contributed by atoms with Crippen LogP contribution in [0.25, 0.3) is 0 Å². The summed E-state index contributed by atoms with van der Waals surface area (Å²) < 4.78 is 0. The van der Waals surface area contributed by atoms with Crippen LogP contribution in [0.4, 0.5) is 5.13 Å². The molecule has 2 aromatic heterocycles. The summed E-state index contributed by atoms with van der Waals surface area (Å²) in [5.74, 6) is 0.901. The van der Waals surface area contributed by atoms with E-state index in [1.165, 1.54) is 11.3 Å². The Bertz CT molecular complexity index is 522. The summed E-state index contributed by atoms with van der Waals surface area (Å²) in [5.41, 5.74) is 1.05. The zero-order valence-electron chi connectivity index (χ0n) is 11.0. The molecule has 0 bridgehead atoms. The van der Waals surface area contributed by atoms with Crippen molar-refractivity contribution in [2.75, 3.05) is 18.9 Å². The van der Waals surface area contributed by atoms with Crippen LogP contribution in [0.3, 0.4) is 0 Å². The number of H-pyrrole nitrogens is 1. The van der Waals surface area contributed by atoms with E-state index in [1.54, 1.807) is 12.4 Å². The van der Waals surface area contributed by atoms with E-state index in [4.69, 9.17) is 0 Å². The van der Waals surface area contributed by atoms with Crippen molar-refractivity contribution >= 4 is 22.4 Å². The Labute approximate surface area is 115 Å². The van der Waals surface area contributed by atoms with Gasteiger partial charge in [-0.3, -0.25) is 9.69 Å². The minimum absolute atomic E-state index is 0.0163. The predicted octanol–water partition coefficient (Wildman–Crippen LogP) is 1.64. The molecule has 19 heavy (non-hydrogen) atoms. The fraction of sp³-hybridized carbons (Fsp3) is 0.417. The molecule has 0 atom stereocenters. The van der Waals surface area contributed by atoms with Gasteiger partial charge in [-0.1, -0.05) is 0 Å². The molecule has 0 saturated carbocycles. The molecule has 0 aromatic carbocycles. The van der Waals surface area contributed by atoms with Crippen LogP contribution in [0.2, 0.25) is 0 Å². The Hall–Kier alpha value is -1.73. The SMILES string of the molecule is Cc1cnc(CN(C)CCC(=O)Nc2nccs2)[nH]1. The molecule has 0 aliphatic carbocycles. The second kappa shape index (κ2) is 6.44. The molecule has 0 saturated heterocycles. The number of hydrogen-bond donors (Lipinski definition) is 2. The van der Waals surface area contributed by atoms with Crippen molar-refractivity contribution in [3.05, 3.63) is 29.3 Å². The largest absolute Gasteiger partial charge is 0.345 e. The number of carbonyl (C=O) groups excluding carboxylic acids is 1. The highest BCUT2D eigenvalue weighted by Crippen LogP contribution is 2.10. The van der Waals surface area contributed by atoms with Crippen LogP contribution in [0.1, 0.15) is 17.9 Å². The first-order chi connectivity index (χ1) is 9.13. The lowest BCUT2D eigenvalue weighted by Crippen LogP contribution is -2.24. The van der Waals surface area contributed by atoms with Gasteiger partial charge in [-0.2, -0.15) is 0 Å². The molecule has 0 aliphatic rings. The number of thiazole rings is 1. The number of imidazole rings is 1. The Morgan fingerprint density at radius 2 is 2.37 bits per heavy atom. The maximum atomic E-state index is 11.7. The van der Waals surface area contributed by atoms with Gasteiger partial charge in [-0.05, 0) is 14.0 Å². The van der Waals surface area contributed by atoms with E-state index >= 15 is 0 Å². The van der Waals surface area contributed by atoms with Crippen molar-refractivity contribution in [3.8, 4) is 0 Å². The Balaban J connectivity index is 1.71. The summed E-state index contributed by atoms with van der Waals surface area (Å²) in [6, 6.07) is 0. The van der Waals surface area contributed by atoms with E-state index < -0.39 is 0 Å². The first kappa shape index (κ1) is 13.7. The van der Waals surface area contributed by atoms with Gasteiger partial charge in [0.25, 0.3) is 0 Å². The van der Waals surface area contributed by atoms with Gasteiger partial charge in [0.15, 0.2) is 5.13 Å². The third kappa shape index (κ3) is 4.46. The van der Waals surface area contributed by atoms with E-state index in [-0.39, 0.29) is 5.91 Å². The molecule has 0 radical (unpaired) electrons. The molecule has 2 heterocycles. The van der Waals surface area contributed by atoms with Crippen molar-refractivity contribution in [2.45, 2.75) is 19.9 Å². The zero-order valence-corrected chi connectivity index (χ0v) is 11.8. The normalized spacial score (nSPS) is 10.9. The number of hydrogen-bond acceptors (Lipinski definition) is 5. The van der Waals surface area contributed by atoms with Gasteiger partial charge in [0.1, 0.15) is 5.82 Å². The lowest BCUT2D eigenvalue weighted by molar-refractivity contribution is -0.116. The number of anilines is 1. The van der Waals surface area contributed by atoms with E-state index in [2.05, 4.69) is 25.2 Å². The summed E-state index contributed by atoms with van der Waals surface area (Å²) in [6.07, 6.45) is 3.92. The molecule has 2 rings (SSSR count). The van der Waals surface area contributed by atoms with Gasteiger partial charge in [0, 0.05) is 36.4 Å². The Morgan fingerprint density at radius 3 is 3.00 bits per heavy atom. The third-order valence-corrected chi connectivity index (χ3v) is 3.26. The number of rotatable bonds is 6. The minimum atomic E-state index is -0.0163. The number of aryl methyl sites for hydroxylation is 1. The predicted molar refractivity (Wildman–Crippen MR) is 75.0 cm³/mol.